The van der Waals surface area contributed by atoms with Crippen molar-refractivity contribution in [1.29, 1.82) is 0 Å². The summed E-state index contributed by atoms with van der Waals surface area (Å²) in [6.45, 7) is 6.18. The van der Waals surface area contributed by atoms with Gasteiger partial charge in [0.1, 0.15) is 17.1 Å². The fraction of sp³-hybridized carbons (Fsp3) is 0.345. The van der Waals surface area contributed by atoms with Crippen LogP contribution in [0.1, 0.15) is 60.9 Å². The van der Waals surface area contributed by atoms with Crippen LogP contribution in [0.2, 0.25) is 0 Å². The van der Waals surface area contributed by atoms with Gasteiger partial charge >= 0.3 is 18.2 Å². The van der Waals surface area contributed by atoms with E-state index in [9.17, 15) is 42.4 Å². The summed E-state index contributed by atoms with van der Waals surface area (Å²) in [6, 6.07) is 6.98. The summed E-state index contributed by atoms with van der Waals surface area (Å²) in [4.78, 5) is 41.5. The van der Waals surface area contributed by atoms with Gasteiger partial charge in [-0.3, -0.25) is 10.1 Å². The molecule has 15 heteroatoms. The zero-order valence-corrected chi connectivity index (χ0v) is 24.4. The molecular weight excluding hydrogens is 592 g/mol. The second-order valence-electron chi connectivity index (χ2n) is 10.6. The number of rotatable bonds is 10. The number of carbonyl (C=O) groups excluding carboxylic acids is 1. The number of alkyl halides is 3. The Morgan fingerprint density at radius 1 is 1.09 bits per heavy atom. The van der Waals surface area contributed by atoms with Gasteiger partial charge in [0.25, 0.3) is 5.69 Å². The number of anilines is 2. The Bertz CT molecular complexity index is 1560. The molecular formula is C29H30F4N4O7. The maximum atomic E-state index is 14.6. The molecule has 1 aromatic heterocycles. The van der Waals surface area contributed by atoms with Crippen LogP contribution in [0.25, 0.3) is 0 Å². The molecule has 44 heavy (non-hydrogen) atoms. The number of carbonyl (C=O) groups is 2. The number of pyridine rings is 1. The molecule has 0 spiro atoms. The minimum absolute atomic E-state index is 0.00329. The van der Waals surface area contributed by atoms with Crippen LogP contribution >= 0.6 is 0 Å². The fourth-order valence-corrected chi connectivity index (χ4v) is 4.24. The molecule has 0 radical (unpaired) electrons. The van der Waals surface area contributed by atoms with Crippen molar-refractivity contribution in [2.75, 3.05) is 19.0 Å². The molecule has 2 N–H and O–H groups in total. The second kappa shape index (κ2) is 13.1. The first-order valence-corrected chi connectivity index (χ1v) is 13.1. The Labute approximate surface area is 249 Å². The molecule has 0 aliphatic heterocycles. The smallest absolute Gasteiger partial charge is 0.416 e. The minimum atomic E-state index is -4.79. The SMILES string of the molecule is COc1ccc([N+](=O)[O-])c(CCN(C(=O)OC(C)(C)C)C(C)c2cc(F)ccc2Nc2ccc(C(F)(F)F)cc2C(=O)O)n1. The summed E-state index contributed by atoms with van der Waals surface area (Å²) in [5, 5.41) is 24.0. The van der Waals surface area contributed by atoms with E-state index in [1.165, 1.54) is 37.1 Å². The molecule has 3 aromatic rings. The number of nitrogens with zero attached hydrogens (tertiary/aromatic N) is 3. The number of benzene rings is 2. The number of halogens is 4. The van der Waals surface area contributed by atoms with Crippen molar-refractivity contribution in [1.82, 2.24) is 9.88 Å². The Morgan fingerprint density at radius 3 is 2.32 bits per heavy atom. The molecule has 11 nitrogen and oxygen atoms in total. The number of nitrogens with one attached hydrogen (secondary N) is 1. The van der Waals surface area contributed by atoms with E-state index in [1.54, 1.807) is 20.8 Å². The summed E-state index contributed by atoms with van der Waals surface area (Å²) < 4.78 is 64.9. The van der Waals surface area contributed by atoms with Crippen molar-refractivity contribution in [2.24, 2.45) is 0 Å². The third-order valence-electron chi connectivity index (χ3n) is 6.33. The average Bonchev–Trinajstić information content (AvgIpc) is 2.92. The highest BCUT2D eigenvalue weighted by Crippen LogP contribution is 2.36. The van der Waals surface area contributed by atoms with Crippen LogP contribution in [-0.2, 0) is 17.3 Å². The standard InChI is InChI=1S/C29H30F4N4O7/c1-16(36(27(40)44-28(2,3)4)13-12-23-24(37(41)42)10-11-25(35-23)43-5)19-15-18(30)7-9-21(19)34-22-8-6-17(29(31,32)33)14-20(22)26(38)39/h6-11,14-16,34H,12-13H2,1-5H3,(H,38,39). The van der Waals surface area contributed by atoms with Gasteiger partial charge in [0.15, 0.2) is 0 Å². The van der Waals surface area contributed by atoms with Crippen LogP contribution < -0.4 is 10.1 Å². The Hall–Kier alpha value is -4.95. The van der Waals surface area contributed by atoms with Crippen LogP contribution in [0, 0.1) is 15.9 Å². The monoisotopic (exact) mass is 622 g/mol. The van der Waals surface area contributed by atoms with Crippen molar-refractivity contribution in [3.63, 3.8) is 0 Å². The summed E-state index contributed by atoms with van der Waals surface area (Å²) in [7, 11) is 1.33. The summed E-state index contributed by atoms with van der Waals surface area (Å²) in [5.74, 6) is -2.26. The van der Waals surface area contributed by atoms with Crippen LogP contribution in [0.4, 0.5) is 39.4 Å². The molecule has 1 amide bonds. The lowest BCUT2D eigenvalue weighted by Crippen LogP contribution is -2.40. The molecule has 3 rings (SSSR count). The molecule has 0 bridgehead atoms. The highest BCUT2D eigenvalue weighted by molar-refractivity contribution is 5.95. The number of methoxy groups -OCH3 is 1. The van der Waals surface area contributed by atoms with Crippen molar-refractivity contribution in [3.8, 4) is 5.88 Å². The van der Waals surface area contributed by atoms with Crippen LogP contribution in [0.3, 0.4) is 0 Å². The summed E-state index contributed by atoms with van der Waals surface area (Å²) >= 11 is 0. The van der Waals surface area contributed by atoms with Crippen molar-refractivity contribution in [2.45, 2.75) is 51.9 Å². The zero-order chi connectivity index (χ0) is 33.0. The van der Waals surface area contributed by atoms with Crippen LogP contribution in [0.5, 0.6) is 5.88 Å². The molecule has 1 heterocycles. The largest absolute Gasteiger partial charge is 0.481 e. The molecule has 2 aromatic carbocycles. The molecule has 0 saturated heterocycles. The first kappa shape index (κ1) is 33.6. The quantitative estimate of drug-likeness (QED) is 0.137. The van der Waals surface area contributed by atoms with Gasteiger partial charge < -0.3 is 24.8 Å². The molecule has 0 aliphatic carbocycles. The van der Waals surface area contributed by atoms with Gasteiger partial charge in [-0.15, -0.1) is 0 Å². The normalized spacial score (nSPS) is 12.3. The predicted molar refractivity (Wildman–Crippen MR) is 151 cm³/mol. The minimum Gasteiger partial charge on any atom is -0.481 e. The second-order valence-corrected chi connectivity index (χ2v) is 10.6. The van der Waals surface area contributed by atoms with Gasteiger partial charge in [0.05, 0.1) is 34.9 Å². The van der Waals surface area contributed by atoms with Gasteiger partial charge in [-0.2, -0.15) is 13.2 Å². The lowest BCUT2D eigenvalue weighted by Gasteiger charge is -2.33. The number of carboxylic acids is 1. The highest BCUT2D eigenvalue weighted by Gasteiger charge is 2.33. The third-order valence-corrected chi connectivity index (χ3v) is 6.33. The number of hydrogen-bond acceptors (Lipinski definition) is 8. The van der Waals surface area contributed by atoms with E-state index in [1.807, 2.05) is 0 Å². The molecule has 0 fully saturated rings. The molecule has 1 atom stereocenters. The van der Waals surface area contributed by atoms with E-state index in [0.717, 1.165) is 18.2 Å². The van der Waals surface area contributed by atoms with Gasteiger partial charge in [0, 0.05) is 36.3 Å². The maximum absolute atomic E-state index is 14.6. The lowest BCUT2D eigenvalue weighted by molar-refractivity contribution is -0.386. The predicted octanol–water partition coefficient (Wildman–Crippen LogP) is 7.14. The van der Waals surface area contributed by atoms with Crippen molar-refractivity contribution in [3.05, 3.63) is 86.8 Å². The van der Waals surface area contributed by atoms with E-state index in [4.69, 9.17) is 9.47 Å². The highest BCUT2D eigenvalue weighted by atomic mass is 19.4. The van der Waals surface area contributed by atoms with Gasteiger partial charge in [-0.25, -0.2) is 19.0 Å². The van der Waals surface area contributed by atoms with Gasteiger partial charge in [0.2, 0.25) is 5.88 Å². The van der Waals surface area contributed by atoms with Crippen LogP contribution in [0.15, 0.2) is 48.5 Å². The first-order chi connectivity index (χ1) is 20.4. The first-order valence-electron chi connectivity index (χ1n) is 13.1. The Balaban J connectivity index is 2.06. The number of hydrogen-bond donors (Lipinski definition) is 2. The van der Waals surface area contributed by atoms with Gasteiger partial charge in [-0.05, 0) is 64.1 Å². The molecule has 236 valence electrons. The number of aromatic carboxylic acids is 1. The Kier molecular flexibility index (Phi) is 10.0. The van der Waals surface area contributed by atoms with E-state index >= 15 is 0 Å². The maximum Gasteiger partial charge on any atom is 0.416 e. The third kappa shape index (κ3) is 8.33. The van der Waals surface area contributed by atoms with Crippen molar-refractivity contribution >= 4 is 29.1 Å². The molecule has 0 saturated carbocycles. The number of carboxylic acid groups (broad SMARTS) is 1. The van der Waals surface area contributed by atoms with E-state index < -0.39 is 51.7 Å². The lowest BCUT2D eigenvalue weighted by atomic mass is 10.0. The number of aromatic nitrogens is 1. The van der Waals surface area contributed by atoms with E-state index in [0.29, 0.717) is 12.1 Å². The van der Waals surface area contributed by atoms with Crippen molar-refractivity contribution < 1.29 is 46.7 Å². The summed E-state index contributed by atoms with van der Waals surface area (Å²) in [6.07, 6.45) is -5.79. The molecule has 0 aliphatic rings. The van der Waals surface area contributed by atoms with E-state index in [-0.39, 0.29) is 47.2 Å². The average molecular weight is 623 g/mol. The van der Waals surface area contributed by atoms with Gasteiger partial charge in [-0.1, -0.05) is 0 Å². The Morgan fingerprint density at radius 2 is 1.75 bits per heavy atom. The summed E-state index contributed by atoms with van der Waals surface area (Å²) in [5.41, 5.74) is -3.17. The van der Waals surface area contributed by atoms with Crippen LogP contribution in [-0.4, -0.2) is 51.2 Å². The number of ether oxygens (including phenoxy) is 2. The number of amides is 1. The zero-order valence-electron chi connectivity index (χ0n) is 24.4. The van der Waals surface area contributed by atoms with E-state index in [2.05, 4.69) is 10.3 Å². The fourth-order valence-electron chi connectivity index (χ4n) is 4.24. The topological polar surface area (TPSA) is 144 Å². The number of nitro groups is 1. The molecule has 1 unspecified atom stereocenters.